The van der Waals surface area contributed by atoms with Gasteiger partial charge in [0.25, 0.3) is 0 Å². The van der Waals surface area contributed by atoms with Crippen LogP contribution in [0.5, 0.6) is 0 Å². The molecule has 0 bridgehead atoms. The average Bonchev–Trinajstić information content (AvgIpc) is 2.44. The Balaban J connectivity index is 2.82. The number of hydrogen-bond acceptors (Lipinski definition) is 4. The molecule has 3 N–H and O–H groups in total. The Morgan fingerprint density at radius 2 is 2.07 bits per heavy atom. The standard InChI is InChI=1S/C9H19N5/c1-5-7(4)14-8(10)12-9(13-14)11-6(2)3/h6-7H,5H2,1-4H3,(H3,10,11,12,13). The third kappa shape index (κ3) is 2.37. The molecular weight excluding hydrogens is 178 g/mol. The molecule has 0 saturated heterocycles. The summed E-state index contributed by atoms with van der Waals surface area (Å²) in [7, 11) is 0. The minimum atomic E-state index is 0.296. The van der Waals surface area contributed by atoms with E-state index in [2.05, 4.69) is 29.2 Å². The highest BCUT2D eigenvalue weighted by molar-refractivity contribution is 5.32. The van der Waals surface area contributed by atoms with E-state index in [0.717, 1.165) is 6.42 Å². The second-order valence-corrected chi connectivity index (χ2v) is 3.79. The van der Waals surface area contributed by atoms with E-state index in [4.69, 9.17) is 5.73 Å². The number of aromatic nitrogens is 3. The SMILES string of the molecule is CCC(C)n1nc(NC(C)C)nc1N. The molecule has 5 heteroatoms. The molecular formula is C9H19N5. The monoisotopic (exact) mass is 197 g/mol. The van der Waals surface area contributed by atoms with Crippen LogP contribution in [0.2, 0.25) is 0 Å². The second kappa shape index (κ2) is 4.30. The molecule has 1 atom stereocenters. The maximum absolute atomic E-state index is 5.74. The summed E-state index contributed by atoms with van der Waals surface area (Å²) in [6.07, 6.45) is 0.995. The lowest BCUT2D eigenvalue weighted by molar-refractivity contribution is 0.485. The van der Waals surface area contributed by atoms with Crippen molar-refractivity contribution in [3.05, 3.63) is 0 Å². The normalized spacial score (nSPS) is 13.2. The van der Waals surface area contributed by atoms with E-state index in [-0.39, 0.29) is 0 Å². The van der Waals surface area contributed by atoms with Crippen LogP contribution in [0, 0.1) is 0 Å². The molecule has 0 aliphatic heterocycles. The number of anilines is 2. The van der Waals surface area contributed by atoms with Gasteiger partial charge < -0.3 is 11.1 Å². The number of nitrogens with zero attached hydrogens (tertiary/aromatic N) is 3. The van der Waals surface area contributed by atoms with Crippen molar-refractivity contribution in [3.63, 3.8) is 0 Å². The largest absolute Gasteiger partial charge is 0.368 e. The molecule has 80 valence electrons. The molecule has 0 radical (unpaired) electrons. The molecule has 0 aliphatic rings. The summed E-state index contributed by atoms with van der Waals surface area (Å²) >= 11 is 0. The lowest BCUT2D eigenvalue weighted by Crippen LogP contribution is -2.12. The fraction of sp³-hybridized carbons (Fsp3) is 0.778. The highest BCUT2D eigenvalue weighted by Crippen LogP contribution is 2.15. The number of rotatable bonds is 4. The summed E-state index contributed by atoms with van der Waals surface area (Å²) in [5.74, 6) is 1.08. The van der Waals surface area contributed by atoms with Crippen LogP contribution in [0.15, 0.2) is 0 Å². The van der Waals surface area contributed by atoms with Crippen molar-refractivity contribution in [2.24, 2.45) is 0 Å². The molecule has 0 amide bonds. The topological polar surface area (TPSA) is 68.8 Å². The predicted molar refractivity (Wildman–Crippen MR) is 58.2 cm³/mol. The van der Waals surface area contributed by atoms with E-state index in [1.807, 2.05) is 13.8 Å². The van der Waals surface area contributed by atoms with Gasteiger partial charge in [0.2, 0.25) is 11.9 Å². The lowest BCUT2D eigenvalue weighted by Gasteiger charge is -2.09. The zero-order valence-electron chi connectivity index (χ0n) is 9.28. The molecule has 1 heterocycles. The van der Waals surface area contributed by atoms with Crippen molar-refractivity contribution in [2.45, 2.75) is 46.2 Å². The van der Waals surface area contributed by atoms with Crippen LogP contribution in [-0.4, -0.2) is 20.8 Å². The van der Waals surface area contributed by atoms with Crippen molar-refractivity contribution in [1.29, 1.82) is 0 Å². The third-order valence-electron chi connectivity index (χ3n) is 2.08. The zero-order valence-corrected chi connectivity index (χ0v) is 9.28. The molecule has 1 rings (SSSR count). The number of hydrogen-bond donors (Lipinski definition) is 2. The van der Waals surface area contributed by atoms with Crippen molar-refractivity contribution in [3.8, 4) is 0 Å². The van der Waals surface area contributed by atoms with E-state index in [9.17, 15) is 0 Å². The number of nitrogens with two attached hydrogens (primary N) is 1. The summed E-state index contributed by atoms with van der Waals surface area (Å²) in [6, 6.07) is 0.618. The predicted octanol–water partition coefficient (Wildman–Crippen LogP) is 1.65. The first-order chi connectivity index (χ1) is 6.54. The van der Waals surface area contributed by atoms with Crippen LogP contribution in [0.4, 0.5) is 11.9 Å². The van der Waals surface area contributed by atoms with Gasteiger partial charge in [0.1, 0.15) is 0 Å². The van der Waals surface area contributed by atoms with Crippen LogP contribution < -0.4 is 11.1 Å². The molecule has 1 unspecified atom stereocenters. The molecule has 1 aromatic heterocycles. The van der Waals surface area contributed by atoms with Gasteiger partial charge in [0.05, 0.1) is 6.04 Å². The van der Waals surface area contributed by atoms with Crippen molar-refractivity contribution in [1.82, 2.24) is 14.8 Å². The van der Waals surface area contributed by atoms with Gasteiger partial charge in [0.15, 0.2) is 0 Å². The summed E-state index contributed by atoms with van der Waals surface area (Å²) in [5, 5.41) is 7.41. The number of nitrogens with one attached hydrogen (secondary N) is 1. The molecule has 0 aromatic carbocycles. The Morgan fingerprint density at radius 1 is 1.43 bits per heavy atom. The Hall–Kier alpha value is -1.26. The zero-order chi connectivity index (χ0) is 10.7. The first kappa shape index (κ1) is 10.8. The Kier molecular flexibility index (Phi) is 3.33. The average molecular weight is 197 g/mol. The van der Waals surface area contributed by atoms with Gasteiger partial charge in [-0.3, -0.25) is 0 Å². The Labute approximate surface area is 84.7 Å². The molecule has 14 heavy (non-hydrogen) atoms. The Morgan fingerprint density at radius 3 is 2.57 bits per heavy atom. The molecule has 5 nitrogen and oxygen atoms in total. The van der Waals surface area contributed by atoms with Gasteiger partial charge in [-0.25, -0.2) is 4.68 Å². The molecule has 0 aliphatic carbocycles. The summed E-state index contributed by atoms with van der Waals surface area (Å²) < 4.78 is 1.75. The van der Waals surface area contributed by atoms with Crippen LogP contribution >= 0.6 is 0 Å². The van der Waals surface area contributed by atoms with E-state index < -0.39 is 0 Å². The van der Waals surface area contributed by atoms with Crippen LogP contribution in [0.25, 0.3) is 0 Å². The van der Waals surface area contributed by atoms with Crippen LogP contribution in [0.3, 0.4) is 0 Å². The summed E-state index contributed by atoms with van der Waals surface area (Å²) in [6.45, 7) is 8.26. The van der Waals surface area contributed by atoms with Gasteiger partial charge >= 0.3 is 0 Å². The van der Waals surface area contributed by atoms with Gasteiger partial charge in [0, 0.05) is 6.04 Å². The second-order valence-electron chi connectivity index (χ2n) is 3.79. The van der Waals surface area contributed by atoms with E-state index in [0.29, 0.717) is 24.0 Å². The molecule has 0 fully saturated rings. The van der Waals surface area contributed by atoms with Crippen molar-refractivity contribution >= 4 is 11.9 Å². The van der Waals surface area contributed by atoms with Gasteiger partial charge in [-0.2, -0.15) is 4.98 Å². The maximum Gasteiger partial charge on any atom is 0.244 e. The van der Waals surface area contributed by atoms with Gasteiger partial charge in [-0.15, -0.1) is 5.10 Å². The van der Waals surface area contributed by atoms with Crippen LogP contribution in [0.1, 0.15) is 40.2 Å². The minimum absolute atomic E-state index is 0.296. The fourth-order valence-electron chi connectivity index (χ4n) is 1.15. The summed E-state index contributed by atoms with van der Waals surface area (Å²) in [5.41, 5.74) is 5.74. The number of nitrogen functional groups attached to an aromatic ring is 1. The van der Waals surface area contributed by atoms with E-state index in [1.165, 1.54) is 0 Å². The Bertz CT molecular complexity index is 291. The molecule has 1 aromatic rings. The minimum Gasteiger partial charge on any atom is -0.368 e. The molecule has 0 spiro atoms. The fourth-order valence-corrected chi connectivity index (χ4v) is 1.15. The van der Waals surface area contributed by atoms with Crippen molar-refractivity contribution < 1.29 is 0 Å². The van der Waals surface area contributed by atoms with Crippen LogP contribution in [-0.2, 0) is 0 Å². The first-order valence-electron chi connectivity index (χ1n) is 5.03. The van der Waals surface area contributed by atoms with Gasteiger partial charge in [-0.05, 0) is 27.2 Å². The van der Waals surface area contributed by atoms with Gasteiger partial charge in [-0.1, -0.05) is 6.92 Å². The lowest BCUT2D eigenvalue weighted by atomic mass is 10.3. The molecule has 0 saturated carbocycles. The van der Waals surface area contributed by atoms with E-state index in [1.54, 1.807) is 4.68 Å². The van der Waals surface area contributed by atoms with Crippen molar-refractivity contribution in [2.75, 3.05) is 11.1 Å². The highest BCUT2D eigenvalue weighted by atomic mass is 15.4. The van der Waals surface area contributed by atoms with E-state index >= 15 is 0 Å². The smallest absolute Gasteiger partial charge is 0.244 e. The summed E-state index contributed by atoms with van der Waals surface area (Å²) in [4.78, 5) is 4.14. The quantitative estimate of drug-likeness (QED) is 0.770. The maximum atomic E-state index is 5.74. The first-order valence-corrected chi connectivity index (χ1v) is 5.03. The highest BCUT2D eigenvalue weighted by Gasteiger charge is 2.11. The third-order valence-corrected chi connectivity index (χ3v) is 2.08.